The van der Waals surface area contributed by atoms with Gasteiger partial charge in [-0.1, -0.05) is 11.2 Å². The van der Waals surface area contributed by atoms with Gasteiger partial charge in [-0.15, -0.1) is 0 Å². The fourth-order valence-electron chi connectivity index (χ4n) is 4.16. The van der Waals surface area contributed by atoms with E-state index >= 15 is 0 Å². The molecule has 0 bridgehead atoms. The lowest BCUT2D eigenvalue weighted by atomic mass is 10.1. The molecule has 192 valence electrons. The number of hydrogen-bond acceptors (Lipinski definition) is 7. The normalized spacial score (nSPS) is 17.4. The van der Waals surface area contributed by atoms with E-state index in [4.69, 9.17) is 14.5 Å². The second kappa shape index (κ2) is 11.6. The van der Waals surface area contributed by atoms with Crippen molar-refractivity contribution in [2.24, 2.45) is 0 Å². The first-order valence-corrected chi connectivity index (χ1v) is 12.0. The van der Waals surface area contributed by atoms with Crippen LogP contribution in [0, 0.1) is 25.2 Å². The topological polar surface area (TPSA) is 141 Å². The number of aryl methyl sites for hydroxylation is 2. The molecule has 2 heterocycles. The highest BCUT2D eigenvalue weighted by Crippen LogP contribution is 2.19. The van der Waals surface area contributed by atoms with E-state index in [-0.39, 0.29) is 18.5 Å². The Morgan fingerprint density at radius 2 is 2.03 bits per heavy atom. The number of likely N-dealkylation sites (tertiary alicyclic amines) is 1. The Hall–Kier alpha value is -4.36. The molecule has 4 rings (SSSR count). The van der Waals surface area contributed by atoms with Gasteiger partial charge in [0.1, 0.15) is 18.1 Å². The monoisotopic (exact) mass is 503 g/mol. The van der Waals surface area contributed by atoms with Gasteiger partial charge >= 0.3 is 6.03 Å². The van der Waals surface area contributed by atoms with Gasteiger partial charge in [0.15, 0.2) is 0 Å². The van der Waals surface area contributed by atoms with Crippen LogP contribution in [0.1, 0.15) is 45.8 Å². The largest absolute Gasteiger partial charge is 0.489 e. The SMILES string of the molecule is Cc1noc(C)c1COc1ccc(C(=O)N[C@@H]2CN(C(=O)Nc3cccc(C#N)c3)CCC[C@H]2O)cc1. The number of amides is 3. The summed E-state index contributed by atoms with van der Waals surface area (Å²) in [7, 11) is 0. The summed E-state index contributed by atoms with van der Waals surface area (Å²) in [4.78, 5) is 27.4. The summed E-state index contributed by atoms with van der Waals surface area (Å²) in [6.45, 7) is 4.56. The Morgan fingerprint density at radius 3 is 2.73 bits per heavy atom. The molecular weight excluding hydrogens is 474 g/mol. The molecule has 0 aliphatic carbocycles. The van der Waals surface area contributed by atoms with Crippen molar-refractivity contribution in [3.63, 3.8) is 0 Å². The lowest BCUT2D eigenvalue weighted by Gasteiger charge is -2.27. The Balaban J connectivity index is 1.36. The number of anilines is 1. The maximum Gasteiger partial charge on any atom is 0.321 e. The van der Waals surface area contributed by atoms with E-state index in [1.165, 1.54) is 0 Å². The summed E-state index contributed by atoms with van der Waals surface area (Å²) in [5.41, 5.74) is 3.01. The summed E-state index contributed by atoms with van der Waals surface area (Å²) in [5.74, 6) is 0.938. The molecule has 3 N–H and O–H groups in total. The number of ether oxygens (including phenoxy) is 1. The van der Waals surface area contributed by atoms with Crippen molar-refractivity contribution in [1.82, 2.24) is 15.4 Å². The molecule has 0 saturated carbocycles. The number of benzene rings is 2. The second-order valence-corrected chi connectivity index (χ2v) is 8.97. The first-order valence-electron chi connectivity index (χ1n) is 12.0. The van der Waals surface area contributed by atoms with Crippen LogP contribution in [-0.4, -0.2) is 52.3 Å². The standard InChI is InChI=1S/C27H29N5O5/c1-17-23(18(2)37-31-17)16-36-22-10-8-20(9-11-22)26(34)30-24-15-32(12-4-7-25(24)33)27(35)29-21-6-3-5-19(13-21)14-28/h3,5-6,8-11,13,24-25,33H,4,7,12,15-16H2,1-2H3,(H,29,35)(H,30,34)/t24-,25-/m1/s1. The summed E-state index contributed by atoms with van der Waals surface area (Å²) < 4.78 is 10.9. The number of aliphatic hydroxyl groups excluding tert-OH is 1. The number of nitrogens with one attached hydrogen (secondary N) is 2. The van der Waals surface area contributed by atoms with Crippen molar-refractivity contribution in [2.45, 2.75) is 45.4 Å². The van der Waals surface area contributed by atoms with Gasteiger partial charge in [0.25, 0.3) is 5.91 Å². The van der Waals surface area contributed by atoms with Gasteiger partial charge in [-0.3, -0.25) is 4.79 Å². The van der Waals surface area contributed by atoms with Crippen molar-refractivity contribution >= 4 is 17.6 Å². The molecule has 1 aliphatic heterocycles. The van der Waals surface area contributed by atoms with Gasteiger partial charge in [0, 0.05) is 24.3 Å². The van der Waals surface area contributed by atoms with Crippen molar-refractivity contribution < 1.29 is 24.0 Å². The number of nitriles is 1. The first kappa shape index (κ1) is 25.7. The van der Waals surface area contributed by atoms with Crippen LogP contribution in [0.3, 0.4) is 0 Å². The average Bonchev–Trinajstić information content (AvgIpc) is 3.10. The van der Waals surface area contributed by atoms with Gasteiger partial charge in [-0.25, -0.2) is 4.79 Å². The number of rotatable bonds is 6. The molecule has 3 amide bonds. The van der Waals surface area contributed by atoms with Gasteiger partial charge in [0.05, 0.1) is 35.0 Å². The van der Waals surface area contributed by atoms with Gasteiger partial charge < -0.3 is 29.9 Å². The molecule has 1 saturated heterocycles. The molecule has 1 aromatic heterocycles. The third kappa shape index (κ3) is 6.45. The summed E-state index contributed by atoms with van der Waals surface area (Å²) in [6, 6.07) is 14.4. The zero-order valence-corrected chi connectivity index (χ0v) is 20.7. The zero-order valence-electron chi connectivity index (χ0n) is 20.7. The van der Waals surface area contributed by atoms with Crippen LogP contribution in [-0.2, 0) is 6.61 Å². The van der Waals surface area contributed by atoms with Crippen LogP contribution in [0.2, 0.25) is 0 Å². The third-order valence-electron chi connectivity index (χ3n) is 6.34. The van der Waals surface area contributed by atoms with Crippen LogP contribution < -0.4 is 15.4 Å². The number of hydrogen-bond donors (Lipinski definition) is 3. The first-order chi connectivity index (χ1) is 17.8. The molecule has 1 aliphatic rings. The molecule has 2 atom stereocenters. The number of aliphatic hydroxyl groups is 1. The Kier molecular flexibility index (Phi) is 8.05. The number of carbonyl (C=O) groups excluding carboxylic acids is 2. The zero-order chi connectivity index (χ0) is 26.4. The Labute approximate surface area is 214 Å². The van der Waals surface area contributed by atoms with Crippen LogP contribution >= 0.6 is 0 Å². The van der Waals surface area contributed by atoms with Crippen LogP contribution in [0.15, 0.2) is 53.1 Å². The van der Waals surface area contributed by atoms with Crippen LogP contribution in [0.4, 0.5) is 10.5 Å². The molecule has 1 fully saturated rings. The van der Waals surface area contributed by atoms with E-state index in [0.29, 0.717) is 54.3 Å². The summed E-state index contributed by atoms with van der Waals surface area (Å²) in [5, 5.41) is 29.2. The molecule has 0 unspecified atom stereocenters. The van der Waals surface area contributed by atoms with E-state index in [1.54, 1.807) is 53.4 Å². The highest BCUT2D eigenvalue weighted by atomic mass is 16.5. The number of nitrogens with zero attached hydrogens (tertiary/aromatic N) is 3. The lowest BCUT2D eigenvalue weighted by Crippen LogP contribution is -2.50. The highest BCUT2D eigenvalue weighted by Gasteiger charge is 2.29. The van der Waals surface area contributed by atoms with E-state index in [0.717, 1.165) is 11.3 Å². The minimum Gasteiger partial charge on any atom is -0.489 e. The molecule has 37 heavy (non-hydrogen) atoms. The van der Waals surface area contributed by atoms with E-state index in [2.05, 4.69) is 15.8 Å². The number of aromatic nitrogens is 1. The molecule has 2 aromatic carbocycles. The molecule has 0 radical (unpaired) electrons. The predicted molar refractivity (Wildman–Crippen MR) is 135 cm³/mol. The van der Waals surface area contributed by atoms with Crippen molar-refractivity contribution in [3.8, 4) is 11.8 Å². The highest BCUT2D eigenvalue weighted by molar-refractivity contribution is 5.94. The quantitative estimate of drug-likeness (QED) is 0.467. The molecule has 10 nitrogen and oxygen atoms in total. The van der Waals surface area contributed by atoms with E-state index < -0.39 is 12.1 Å². The summed E-state index contributed by atoms with van der Waals surface area (Å²) >= 11 is 0. The smallest absolute Gasteiger partial charge is 0.321 e. The second-order valence-electron chi connectivity index (χ2n) is 8.97. The van der Waals surface area contributed by atoms with Gasteiger partial charge in [-0.05, 0) is 69.2 Å². The average molecular weight is 504 g/mol. The Morgan fingerprint density at radius 1 is 1.24 bits per heavy atom. The predicted octanol–water partition coefficient (Wildman–Crippen LogP) is 3.53. The fourth-order valence-corrected chi connectivity index (χ4v) is 4.16. The molecule has 3 aromatic rings. The maximum atomic E-state index is 12.9. The maximum absolute atomic E-state index is 12.9. The minimum atomic E-state index is -0.790. The number of carbonyl (C=O) groups is 2. The van der Waals surface area contributed by atoms with Crippen molar-refractivity contribution in [3.05, 3.63) is 76.7 Å². The van der Waals surface area contributed by atoms with Crippen molar-refractivity contribution in [1.29, 1.82) is 5.26 Å². The minimum absolute atomic E-state index is 0.148. The van der Waals surface area contributed by atoms with Gasteiger partial charge in [-0.2, -0.15) is 5.26 Å². The van der Waals surface area contributed by atoms with Gasteiger partial charge in [0.2, 0.25) is 0 Å². The molecule has 10 heteroatoms. The fraction of sp³-hybridized carbons (Fsp3) is 0.333. The number of urea groups is 1. The molecular formula is C27H29N5O5. The third-order valence-corrected chi connectivity index (χ3v) is 6.34. The molecule has 0 spiro atoms. The van der Waals surface area contributed by atoms with E-state index in [9.17, 15) is 14.7 Å². The summed E-state index contributed by atoms with van der Waals surface area (Å²) in [6.07, 6.45) is 0.255. The lowest BCUT2D eigenvalue weighted by molar-refractivity contribution is 0.0811. The van der Waals surface area contributed by atoms with Crippen molar-refractivity contribution in [2.75, 3.05) is 18.4 Å². The van der Waals surface area contributed by atoms with E-state index in [1.807, 2.05) is 19.9 Å². The Bertz CT molecular complexity index is 1280. The van der Waals surface area contributed by atoms with Crippen LogP contribution in [0.5, 0.6) is 5.75 Å². The van der Waals surface area contributed by atoms with Crippen LogP contribution in [0.25, 0.3) is 0 Å².